The number of carbonyl (C=O) groups excluding carboxylic acids is 1. The summed E-state index contributed by atoms with van der Waals surface area (Å²) in [6.45, 7) is 3.10. The first-order valence-electron chi connectivity index (χ1n) is 6.73. The minimum atomic E-state index is -0.0337. The molecule has 0 aliphatic heterocycles. The average molecular weight is 326 g/mol. The second kappa shape index (κ2) is 8.77. The fraction of sp³-hybridized carbons (Fsp3) is 0.333. The van der Waals surface area contributed by atoms with E-state index in [-0.39, 0.29) is 18.3 Å². The summed E-state index contributed by atoms with van der Waals surface area (Å²) in [7, 11) is 0. The maximum atomic E-state index is 11.6. The van der Waals surface area contributed by atoms with Crippen LogP contribution in [-0.4, -0.2) is 24.0 Å². The van der Waals surface area contributed by atoms with Crippen molar-refractivity contribution in [3.05, 3.63) is 40.9 Å². The zero-order valence-corrected chi connectivity index (χ0v) is 13.6. The number of hydrogen-bond acceptors (Lipinski definition) is 4. The van der Waals surface area contributed by atoms with E-state index in [1.54, 1.807) is 11.3 Å². The molecule has 3 N–H and O–H groups in total. The van der Waals surface area contributed by atoms with Gasteiger partial charge in [-0.1, -0.05) is 31.2 Å². The molecule has 0 saturated heterocycles. The molecule has 6 heteroatoms. The molecule has 0 radical (unpaired) electrons. The van der Waals surface area contributed by atoms with Crippen LogP contribution in [0.3, 0.4) is 0 Å². The zero-order valence-electron chi connectivity index (χ0n) is 12.0. The lowest BCUT2D eigenvalue weighted by molar-refractivity contribution is -0.120. The Balaban J connectivity index is 0.00000220. The highest BCUT2D eigenvalue weighted by atomic mass is 35.5. The topological polar surface area (TPSA) is 68.0 Å². The summed E-state index contributed by atoms with van der Waals surface area (Å²) in [4.78, 5) is 16.1. The molecule has 1 amide bonds. The van der Waals surface area contributed by atoms with Crippen molar-refractivity contribution in [2.75, 3.05) is 13.1 Å². The number of aromatic nitrogens is 1. The van der Waals surface area contributed by atoms with Gasteiger partial charge in [0, 0.05) is 24.0 Å². The molecule has 0 bridgehead atoms. The van der Waals surface area contributed by atoms with Crippen LogP contribution in [0.15, 0.2) is 29.6 Å². The van der Waals surface area contributed by atoms with E-state index in [4.69, 9.17) is 5.73 Å². The molecule has 1 heterocycles. The molecular formula is C15H20ClN3OS. The van der Waals surface area contributed by atoms with Crippen molar-refractivity contribution in [1.82, 2.24) is 10.3 Å². The van der Waals surface area contributed by atoms with Crippen molar-refractivity contribution in [1.29, 1.82) is 0 Å². The van der Waals surface area contributed by atoms with Crippen molar-refractivity contribution < 1.29 is 4.79 Å². The molecule has 0 atom stereocenters. The Morgan fingerprint density at radius 3 is 2.67 bits per heavy atom. The van der Waals surface area contributed by atoms with E-state index in [0.29, 0.717) is 19.5 Å². The van der Waals surface area contributed by atoms with E-state index in [9.17, 15) is 4.79 Å². The smallest absolute Gasteiger partial charge is 0.226 e. The van der Waals surface area contributed by atoms with Gasteiger partial charge in [-0.2, -0.15) is 0 Å². The van der Waals surface area contributed by atoms with Gasteiger partial charge in [-0.15, -0.1) is 23.7 Å². The molecular weight excluding hydrogens is 306 g/mol. The van der Waals surface area contributed by atoms with Gasteiger partial charge in [0.2, 0.25) is 5.91 Å². The summed E-state index contributed by atoms with van der Waals surface area (Å²) in [5.74, 6) is -0.0337. The second-order valence-corrected chi connectivity index (χ2v) is 5.37. The van der Waals surface area contributed by atoms with Crippen molar-refractivity contribution in [2.24, 2.45) is 5.73 Å². The number of halogens is 1. The molecule has 1 aromatic carbocycles. The van der Waals surface area contributed by atoms with Crippen LogP contribution in [0.5, 0.6) is 0 Å². The molecule has 0 unspecified atom stereocenters. The predicted octanol–water partition coefficient (Wildman–Crippen LogP) is 2.41. The number of nitrogens with two attached hydrogens (primary N) is 1. The molecule has 114 valence electrons. The summed E-state index contributed by atoms with van der Waals surface area (Å²) >= 11 is 1.57. The third-order valence-corrected chi connectivity index (χ3v) is 3.91. The van der Waals surface area contributed by atoms with Gasteiger partial charge in [-0.25, -0.2) is 4.98 Å². The van der Waals surface area contributed by atoms with Gasteiger partial charge >= 0.3 is 0 Å². The van der Waals surface area contributed by atoms with Crippen molar-refractivity contribution in [2.45, 2.75) is 19.8 Å². The minimum absolute atomic E-state index is 0. The van der Waals surface area contributed by atoms with Crippen molar-refractivity contribution >= 4 is 29.7 Å². The van der Waals surface area contributed by atoms with Crippen LogP contribution >= 0.6 is 23.7 Å². The van der Waals surface area contributed by atoms with Gasteiger partial charge in [0.05, 0.1) is 12.1 Å². The Hall–Kier alpha value is -1.43. The van der Waals surface area contributed by atoms with E-state index in [1.165, 1.54) is 5.56 Å². The molecule has 0 aliphatic carbocycles. The van der Waals surface area contributed by atoms with Crippen LogP contribution in [0.1, 0.15) is 18.2 Å². The number of benzene rings is 1. The SMILES string of the molecule is CCc1ccc(-c2nc(CC(=O)NCCN)cs2)cc1.Cl. The van der Waals surface area contributed by atoms with Crippen LogP contribution in [0, 0.1) is 0 Å². The summed E-state index contributed by atoms with van der Waals surface area (Å²) in [5, 5.41) is 5.63. The van der Waals surface area contributed by atoms with Crippen molar-refractivity contribution in [3.8, 4) is 10.6 Å². The number of nitrogens with zero attached hydrogens (tertiary/aromatic N) is 1. The quantitative estimate of drug-likeness (QED) is 0.857. The normalized spacial score (nSPS) is 10.0. The Labute approximate surface area is 135 Å². The summed E-state index contributed by atoms with van der Waals surface area (Å²) in [5.41, 5.74) is 8.56. The van der Waals surface area contributed by atoms with Crippen LogP contribution in [0.4, 0.5) is 0 Å². The number of carbonyl (C=O) groups is 1. The number of rotatable bonds is 6. The number of thiazole rings is 1. The highest BCUT2D eigenvalue weighted by molar-refractivity contribution is 7.13. The number of aryl methyl sites for hydroxylation is 1. The first kappa shape index (κ1) is 17.6. The molecule has 1 aromatic heterocycles. The maximum absolute atomic E-state index is 11.6. The first-order valence-corrected chi connectivity index (χ1v) is 7.61. The summed E-state index contributed by atoms with van der Waals surface area (Å²) in [6.07, 6.45) is 1.34. The highest BCUT2D eigenvalue weighted by Crippen LogP contribution is 2.24. The number of hydrogen-bond donors (Lipinski definition) is 2. The molecule has 0 spiro atoms. The van der Waals surface area contributed by atoms with Crippen molar-refractivity contribution in [3.63, 3.8) is 0 Å². The Kier molecular flexibility index (Phi) is 7.36. The number of amides is 1. The Bertz CT molecular complexity index is 569. The molecule has 0 saturated carbocycles. The van der Waals surface area contributed by atoms with Gasteiger partial charge in [-0.05, 0) is 12.0 Å². The van der Waals surface area contributed by atoms with Crippen LogP contribution in [0.25, 0.3) is 10.6 Å². The zero-order chi connectivity index (χ0) is 14.4. The highest BCUT2D eigenvalue weighted by Gasteiger charge is 2.08. The lowest BCUT2D eigenvalue weighted by Gasteiger charge is -2.01. The predicted molar refractivity (Wildman–Crippen MR) is 89.9 cm³/mol. The van der Waals surface area contributed by atoms with E-state index in [1.807, 2.05) is 5.38 Å². The third-order valence-electron chi connectivity index (χ3n) is 2.97. The fourth-order valence-corrected chi connectivity index (χ4v) is 2.67. The summed E-state index contributed by atoms with van der Waals surface area (Å²) < 4.78 is 0. The molecule has 21 heavy (non-hydrogen) atoms. The standard InChI is InChI=1S/C15H19N3OS.ClH/c1-2-11-3-5-12(6-4-11)15-18-13(10-20-15)9-14(19)17-8-7-16;/h3-6,10H,2,7-9,16H2,1H3,(H,17,19);1H. The molecule has 0 aliphatic rings. The van der Waals surface area contributed by atoms with Crippen LogP contribution in [-0.2, 0) is 17.6 Å². The maximum Gasteiger partial charge on any atom is 0.226 e. The van der Waals surface area contributed by atoms with E-state index < -0.39 is 0 Å². The van der Waals surface area contributed by atoms with Gasteiger partial charge in [0.25, 0.3) is 0 Å². The minimum Gasteiger partial charge on any atom is -0.354 e. The second-order valence-electron chi connectivity index (χ2n) is 4.51. The number of nitrogens with one attached hydrogen (secondary N) is 1. The lowest BCUT2D eigenvalue weighted by atomic mass is 10.1. The van der Waals surface area contributed by atoms with Gasteiger partial charge in [0.1, 0.15) is 5.01 Å². The Morgan fingerprint density at radius 2 is 2.05 bits per heavy atom. The fourth-order valence-electron chi connectivity index (χ4n) is 1.84. The first-order chi connectivity index (χ1) is 9.72. The van der Waals surface area contributed by atoms with Crippen LogP contribution < -0.4 is 11.1 Å². The largest absolute Gasteiger partial charge is 0.354 e. The molecule has 4 nitrogen and oxygen atoms in total. The third kappa shape index (κ3) is 5.12. The van der Waals surface area contributed by atoms with Gasteiger partial charge < -0.3 is 11.1 Å². The molecule has 2 rings (SSSR count). The summed E-state index contributed by atoms with van der Waals surface area (Å²) in [6, 6.07) is 8.39. The van der Waals surface area contributed by atoms with E-state index >= 15 is 0 Å². The molecule has 2 aromatic rings. The monoisotopic (exact) mass is 325 g/mol. The lowest BCUT2D eigenvalue weighted by Crippen LogP contribution is -2.30. The van der Waals surface area contributed by atoms with E-state index in [2.05, 4.69) is 41.5 Å². The van der Waals surface area contributed by atoms with Gasteiger partial charge in [0.15, 0.2) is 0 Å². The molecule has 0 fully saturated rings. The van der Waals surface area contributed by atoms with Gasteiger partial charge in [-0.3, -0.25) is 4.79 Å². The van der Waals surface area contributed by atoms with Crippen LogP contribution in [0.2, 0.25) is 0 Å². The Morgan fingerprint density at radius 1 is 1.33 bits per heavy atom. The van der Waals surface area contributed by atoms with E-state index in [0.717, 1.165) is 22.7 Å². The average Bonchev–Trinajstić information content (AvgIpc) is 2.93.